The predicted molar refractivity (Wildman–Crippen MR) is 113 cm³/mol. The minimum absolute atomic E-state index is 0.427. The van der Waals surface area contributed by atoms with Gasteiger partial charge in [-0.25, -0.2) is 0 Å². The summed E-state index contributed by atoms with van der Waals surface area (Å²) in [4.78, 5) is 5.09. The molecule has 0 radical (unpaired) electrons. The standard InChI is InChI=1S/C22H33ClN4/c1-18(2)27-17-21(13-24-27)15-25(3)14-20-5-4-11-26(16-20)12-10-19-6-8-22(23)9-7-19/h6-9,13,17-18,20H,4-5,10-12,14-16H2,1-3H3/t20-/m0/s1. The first-order chi connectivity index (χ1) is 13.0. The van der Waals surface area contributed by atoms with Crippen molar-refractivity contribution < 1.29 is 0 Å². The lowest BCUT2D eigenvalue weighted by Gasteiger charge is -2.34. The second kappa shape index (κ2) is 9.72. The Morgan fingerprint density at radius 1 is 1.22 bits per heavy atom. The molecule has 0 unspecified atom stereocenters. The highest BCUT2D eigenvalue weighted by Crippen LogP contribution is 2.19. The molecule has 5 heteroatoms. The van der Waals surface area contributed by atoms with Crippen LogP contribution in [0.25, 0.3) is 0 Å². The Morgan fingerprint density at radius 3 is 2.70 bits per heavy atom. The molecule has 2 heterocycles. The average Bonchev–Trinajstić information content (AvgIpc) is 3.10. The highest BCUT2D eigenvalue weighted by atomic mass is 35.5. The normalized spacial score (nSPS) is 18.5. The summed E-state index contributed by atoms with van der Waals surface area (Å²) in [5.41, 5.74) is 2.68. The van der Waals surface area contributed by atoms with Gasteiger partial charge in [0.05, 0.1) is 6.20 Å². The number of hydrogen-bond donors (Lipinski definition) is 0. The van der Waals surface area contributed by atoms with E-state index in [0.717, 1.165) is 37.0 Å². The SMILES string of the molecule is CC(C)n1cc(CN(C)C[C@@H]2CCCN(CCc3ccc(Cl)cc3)C2)cn1. The Bertz CT molecular complexity index is 695. The zero-order chi connectivity index (χ0) is 19.2. The Balaban J connectivity index is 1.43. The molecule has 1 saturated heterocycles. The Morgan fingerprint density at radius 2 is 2.00 bits per heavy atom. The van der Waals surface area contributed by atoms with E-state index in [-0.39, 0.29) is 0 Å². The van der Waals surface area contributed by atoms with Crippen LogP contribution in [0.5, 0.6) is 0 Å². The van der Waals surface area contributed by atoms with Gasteiger partial charge in [0.15, 0.2) is 0 Å². The van der Waals surface area contributed by atoms with Gasteiger partial charge in [0.2, 0.25) is 0 Å². The number of halogens is 1. The lowest BCUT2D eigenvalue weighted by Crippen LogP contribution is -2.40. The number of likely N-dealkylation sites (tertiary alicyclic amines) is 1. The van der Waals surface area contributed by atoms with Crippen LogP contribution in [0.1, 0.15) is 43.9 Å². The summed E-state index contributed by atoms with van der Waals surface area (Å²) in [6.07, 6.45) is 7.95. The molecule has 1 aromatic carbocycles. The second-order valence-electron chi connectivity index (χ2n) is 8.30. The van der Waals surface area contributed by atoms with Crippen molar-refractivity contribution in [1.29, 1.82) is 0 Å². The molecule has 148 valence electrons. The topological polar surface area (TPSA) is 24.3 Å². The smallest absolute Gasteiger partial charge is 0.0534 e. The molecule has 0 bridgehead atoms. The van der Waals surface area contributed by atoms with Crippen molar-refractivity contribution in [2.45, 2.75) is 45.7 Å². The minimum Gasteiger partial charge on any atom is -0.303 e. The zero-order valence-electron chi connectivity index (χ0n) is 16.9. The largest absolute Gasteiger partial charge is 0.303 e. The van der Waals surface area contributed by atoms with Crippen LogP contribution in [-0.4, -0.2) is 52.8 Å². The maximum absolute atomic E-state index is 5.98. The van der Waals surface area contributed by atoms with Crippen molar-refractivity contribution in [3.05, 3.63) is 52.8 Å². The molecule has 1 aromatic heterocycles. The van der Waals surface area contributed by atoms with Gasteiger partial charge in [0.25, 0.3) is 0 Å². The number of rotatable bonds is 8. The van der Waals surface area contributed by atoms with Gasteiger partial charge in [-0.1, -0.05) is 23.7 Å². The molecule has 1 aliphatic heterocycles. The van der Waals surface area contributed by atoms with Crippen LogP contribution in [0.15, 0.2) is 36.7 Å². The van der Waals surface area contributed by atoms with Crippen LogP contribution in [0.4, 0.5) is 0 Å². The molecule has 0 amide bonds. The van der Waals surface area contributed by atoms with Gasteiger partial charge >= 0.3 is 0 Å². The van der Waals surface area contributed by atoms with E-state index in [1.165, 1.54) is 37.1 Å². The lowest BCUT2D eigenvalue weighted by atomic mass is 9.97. The van der Waals surface area contributed by atoms with Gasteiger partial charge in [0.1, 0.15) is 0 Å². The van der Waals surface area contributed by atoms with Crippen molar-refractivity contribution in [2.24, 2.45) is 5.92 Å². The van der Waals surface area contributed by atoms with Crippen molar-refractivity contribution in [3.63, 3.8) is 0 Å². The summed E-state index contributed by atoms with van der Waals surface area (Å²) in [5.74, 6) is 0.758. The van der Waals surface area contributed by atoms with Crippen LogP contribution >= 0.6 is 11.6 Å². The van der Waals surface area contributed by atoms with E-state index in [2.05, 4.69) is 54.1 Å². The van der Waals surface area contributed by atoms with Crippen molar-refractivity contribution >= 4 is 11.6 Å². The minimum atomic E-state index is 0.427. The van der Waals surface area contributed by atoms with Gasteiger partial charge in [-0.15, -0.1) is 0 Å². The molecule has 1 aliphatic rings. The molecule has 0 spiro atoms. The first kappa shape index (κ1) is 20.4. The van der Waals surface area contributed by atoms with Crippen molar-refractivity contribution in [3.8, 4) is 0 Å². The molecule has 27 heavy (non-hydrogen) atoms. The van der Waals surface area contributed by atoms with Crippen LogP contribution in [0.3, 0.4) is 0 Å². The third kappa shape index (κ3) is 6.34. The Kier molecular flexibility index (Phi) is 7.33. The molecular weight excluding hydrogens is 356 g/mol. The van der Waals surface area contributed by atoms with Crippen LogP contribution in [0.2, 0.25) is 5.02 Å². The fraction of sp³-hybridized carbons (Fsp3) is 0.591. The molecule has 4 nitrogen and oxygen atoms in total. The van der Waals surface area contributed by atoms with E-state index in [0.29, 0.717) is 6.04 Å². The first-order valence-corrected chi connectivity index (χ1v) is 10.6. The van der Waals surface area contributed by atoms with E-state index in [4.69, 9.17) is 11.6 Å². The zero-order valence-corrected chi connectivity index (χ0v) is 17.7. The molecule has 2 aromatic rings. The monoisotopic (exact) mass is 388 g/mol. The Hall–Kier alpha value is -1.36. The van der Waals surface area contributed by atoms with E-state index >= 15 is 0 Å². The van der Waals surface area contributed by atoms with Crippen LogP contribution in [0, 0.1) is 5.92 Å². The van der Waals surface area contributed by atoms with Crippen molar-refractivity contribution in [2.75, 3.05) is 33.2 Å². The number of hydrogen-bond acceptors (Lipinski definition) is 3. The summed E-state index contributed by atoms with van der Waals surface area (Å²) >= 11 is 5.98. The predicted octanol–water partition coefficient (Wildman–Crippen LogP) is 4.50. The van der Waals surface area contributed by atoms with Gasteiger partial charge in [0, 0.05) is 49.0 Å². The molecule has 0 saturated carbocycles. The maximum Gasteiger partial charge on any atom is 0.0534 e. The van der Waals surface area contributed by atoms with E-state index in [1.807, 2.05) is 23.0 Å². The average molecular weight is 389 g/mol. The van der Waals surface area contributed by atoms with E-state index in [9.17, 15) is 0 Å². The molecular formula is C22H33ClN4. The number of nitrogens with zero attached hydrogens (tertiary/aromatic N) is 4. The molecule has 0 aliphatic carbocycles. The fourth-order valence-electron chi connectivity index (χ4n) is 4.00. The van der Waals surface area contributed by atoms with Gasteiger partial charge in [-0.3, -0.25) is 4.68 Å². The van der Waals surface area contributed by atoms with Gasteiger partial charge < -0.3 is 9.80 Å². The highest BCUT2D eigenvalue weighted by molar-refractivity contribution is 6.30. The summed E-state index contributed by atoms with van der Waals surface area (Å²) in [6.45, 7) is 10.1. The maximum atomic E-state index is 5.98. The number of piperidine rings is 1. The summed E-state index contributed by atoms with van der Waals surface area (Å²) < 4.78 is 2.04. The number of benzene rings is 1. The van der Waals surface area contributed by atoms with Gasteiger partial charge in [-0.2, -0.15) is 5.10 Å². The third-order valence-corrected chi connectivity index (χ3v) is 5.69. The molecule has 3 rings (SSSR count). The Labute approximate surface area is 169 Å². The van der Waals surface area contributed by atoms with Crippen molar-refractivity contribution in [1.82, 2.24) is 19.6 Å². The quantitative estimate of drug-likeness (QED) is 0.665. The fourth-order valence-corrected chi connectivity index (χ4v) is 4.13. The van der Waals surface area contributed by atoms with E-state index in [1.54, 1.807) is 0 Å². The number of aromatic nitrogens is 2. The van der Waals surface area contributed by atoms with Crippen LogP contribution in [-0.2, 0) is 13.0 Å². The lowest BCUT2D eigenvalue weighted by molar-refractivity contribution is 0.142. The summed E-state index contributed by atoms with van der Waals surface area (Å²) in [6, 6.07) is 8.71. The summed E-state index contributed by atoms with van der Waals surface area (Å²) in [7, 11) is 2.24. The molecule has 1 fully saturated rings. The van der Waals surface area contributed by atoms with E-state index < -0.39 is 0 Å². The second-order valence-corrected chi connectivity index (χ2v) is 8.74. The molecule has 0 N–H and O–H groups in total. The first-order valence-electron chi connectivity index (χ1n) is 10.2. The van der Waals surface area contributed by atoms with Crippen LogP contribution < -0.4 is 0 Å². The third-order valence-electron chi connectivity index (χ3n) is 5.44. The molecule has 1 atom stereocenters. The summed E-state index contributed by atoms with van der Waals surface area (Å²) in [5, 5.41) is 5.28. The van der Waals surface area contributed by atoms with Gasteiger partial charge in [-0.05, 0) is 70.3 Å². The highest BCUT2D eigenvalue weighted by Gasteiger charge is 2.21.